The number of rotatable bonds is 3. The molecule has 0 fully saturated rings. The van der Waals surface area contributed by atoms with E-state index in [1.54, 1.807) is 6.20 Å². The van der Waals surface area contributed by atoms with E-state index in [0.717, 1.165) is 8.95 Å². The number of pyridine rings is 1. The fourth-order valence-corrected chi connectivity index (χ4v) is 2.29. The highest BCUT2D eigenvalue weighted by atomic mass is 79.9. The van der Waals surface area contributed by atoms with Crippen molar-refractivity contribution in [3.8, 4) is 0 Å². The van der Waals surface area contributed by atoms with Crippen molar-refractivity contribution in [2.45, 2.75) is 12.5 Å². The average molecular weight is 323 g/mol. The number of primary amides is 1. The number of aromatic nitrogens is 1. The minimum atomic E-state index is -0.463. The van der Waals surface area contributed by atoms with Gasteiger partial charge in [0.15, 0.2) is 0 Å². The van der Waals surface area contributed by atoms with Crippen molar-refractivity contribution in [3.05, 3.63) is 26.9 Å². The molecule has 1 rings (SSSR count). The molecule has 0 saturated carbocycles. The summed E-state index contributed by atoms with van der Waals surface area (Å²) in [5.74, 6) is -0.436. The first-order valence-corrected chi connectivity index (χ1v) is 5.44. The Hall–Kier alpha value is -0.460. The summed E-state index contributed by atoms with van der Waals surface area (Å²) >= 11 is 6.58. The maximum absolute atomic E-state index is 10.7. The molecule has 1 aromatic heterocycles. The van der Waals surface area contributed by atoms with Crippen molar-refractivity contribution < 1.29 is 4.79 Å². The Bertz CT molecular complexity index is 356. The third-order valence-corrected chi connectivity index (χ3v) is 2.68. The van der Waals surface area contributed by atoms with E-state index >= 15 is 0 Å². The molecule has 0 spiro atoms. The Labute approximate surface area is 98.3 Å². The van der Waals surface area contributed by atoms with Gasteiger partial charge in [-0.25, -0.2) is 0 Å². The molecular weight excluding hydrogens is 314 g/mol. The SMILES string of the molecule is NC(=O)C[C@@H](N)c1ncc(Br)cc1Br. The Morgan fingerprint density at radius 3 is 2.71 bits per heavy atom. The third-order valence-electron chi connectivity index (χ3n) is 1.61. The predicted molar refractivity (Wildman–Crippen MR) is 60.4 cm³/mol. The van der Waals surface area contributed by atoms with Gasteiger partial charge in [0.25, 0.3) is 0 Å². The lowest BCUT2D eigenvalue weighted by atomic mass is 10.1. The van der Waals surface area contributed by atoms with Crippen molar-refractivity contribution in [3.63, 3.8) is 0 Å². The van der Waals surface area contributed by atoms with Crippen molar-refractivity contribution in [2.75, 3.05) is 0 Å². The number of carbonyl (C=O) groups is 1. The highest BCUT2D eigenvalue weighted by Crippen LogP contribution is 2.24. The first kappa shape index (κ1) is 11.6. The van der Waals surface area contributed by atoms with Gasteiger partial charge in [0.05, 0.1) is 11.7 Å². The smallest absolute Gasteiger partial charge is 0.219 e. The molecule has 4 nitrogen and oxygen atoms in total. The fraction of sp³-hybridized carbons (Fsp3) is 0.250. The molecule has 0 radical (unpaired) electrons. The lowest BCUT2D eigenvalue weighted by Gasteiger charge is -2.10. The lowest BCUT2D eigenvalue weighted by Crippen LogP contribution is -2.21. The second-order valence-electron chi connectivity index (χ2n) is 2.80. The van der Waals surface area contributed by atoms with Crippen molar-refractivity contribution in [1.82, 2.24) is 4.98 Å². The summed E-state index contributed by atoms with van der Waals surface area (Å²) < 4.78 is 1.61. The maximum atomic E-state index is 10.7. The molecule has 14 heavy (non-hydrogen) atoms. The van der Waals surface area contributed by atoms with Crippen LogP contribution in [0, 0.1) is 0 Å². The quantitative estimate of drug-likeness (QED) is 0.884. The number of nitrogens with zero attached hydrogens (tertiary/aromatic N) is 1. The number of carbonyl (C=O) groups excluding carboxylic acids is 1. The minimum absolute atomic E-state index is 0.0905. The molecule has 0 aliphatic rings. The summed E-state index contributed by atoms with van der Waals surface area (Å²) in [5, 5.41) is 0. The Morgan fingerprint density at radius 2 is 2.21 bits per heavy atom. The second-order valence-corrected chi connectivity index (χ2v) is 4.57. The highest BCUT2D eigenvalue weighted by molar-refractivity contribution is 9.11. The zero-order valence-electron chi connectivity index (χ0n) is 7.21. The molecule has 6 heteroatoms. The molecule has 0 saturated heterocycles. The van der Waals surface area contributed by atoms with Gasteiger partial charge in [-0.1, -0.05) is 0 Å². The molecule has 0 aliphatic heterocycles. The van der Waals surface area contributed by atoms with E-state index in [-0.39, 0.29) is 6.42 Å². The monoisotopic (exact) mass is 321 g/mol. The molecule has 0 unspecified atom stereocenters. The average Bonchev–Trinajstić information content (AvgIpc) is 2.01. The summed E-state index contributed by atoms with van der Waals surface area (Å²) in [6.45, 7) is 0. The summed E-state index contributed by atoms with van der Waals surface area (Å²) in [6, 6.07) is 1.36. The van der Waals surface area contributed by atoms with Gasteiger partial charge in [-0.3, -0.25) is 9.78 Å². The number of hydrogen-bond donors (Lipinski definition) is 2. The number of halogens is 2. The van der Waals surface area contributed by atoms with E-state index < -0.39 is 11.9 Å². The molecule has 1 amide bonds. The van der Waals surface area contributed by atoms with Gasteiger partial charge >= 0.3 is 0 Å². The lowest BCUT2D eigenvalue weighted by molar-refractivity contribution is -0.118. The van der Waals surface area contributed by atoms with Gasteiger partial charge in [0, 0.05) is 21.6 Å². The van der Waals surface area contributed by atoms with Gasteiger partial charge in [0.1, 0.15) is 0 Å². The van der Waals surface area contributed by atoms with Crippen molar-refractivity contribution >= 4 is 37.8 Å². The zero-order chi connectivity index (χ0) is 10.7. The predicted octanol–water partition coefficient (Wildman–Crippen LogP) is 1.48. The summed E-state index contributed by atoms with van der Waals surface area (Å²) in [4.78, 5) is 14.8. The van der Waals surface area contributed by atoms with Gasteiger partial charge in [-0.05, 0) is 37.9 Å². The Morgan fingerprint density at radius 1 is 1.57 bits per heavy atom. The molecule has 1 heterocycles. The van der Waals surface area contributed by atoms with Crippen LogP contribution in [0.2, 0.25) is 0 Å². The van der Waals surface area contributed by atoms with E-state index in [2.05, 4.69) is 36.8 Å². The van der Waals surface area contributed by atoms with E-state index in [9.17, 15) is 4.79 Å². The van der Waals surface area contributed by atoms with Crippen LogP contribution < -0.4 is 11.5 Å². The van der Waals surface area contributed by atoms with E-state index in [4.69, 9.17) is 11.5 Å². The standard InChI is InChI=1S/C8H9Br2N3O/c9-4-1-5(10)8(13-3-4)6(11)2-7(12)14/h1,3,6H,2,11H2,(H2,12,14)/t6-/m1/s1. The molecule has 1 aromatic rings. The van der Waals surface area contributed by atoms with Crippen LogP contribution in [-0.4, -0.2) is 10.9 Å². The van der Waals surface area contributed by atoms with Gasteiger partial charge in [-0.15, -0.1) is 0 Å². The van der Waals surface area contributed by atoms with Gasteiger partial charge in [-0.2, -0.15) is 0 Å². The molecular formula is C8H9Br2N3O. The highest BCUT2D eigenvalue weighted by Gasteiger charge is 2.13. The molecule has 0 bridgehead atoms. The Balaban J connectivity index is 2.90. The summed E-state index contributed by atoms with van der Waals surface area (Å²) in [6.07, 6.45) is 1.72. The number of nitrogens with two attached hydrogens (primary N) is 2. The molecule has 4 N–H and O–H groups in total. The Kier molecular flexibility index (Phi) is 4.03. The zero-order valence-corrected chi connectivity index (χ0v) is 10.4. The van der Waals surface area contributed by atoms with Gasteiger partial charge in [0.2, 0.25) is 5.91 Å². The largest absolute Gasteiger partial charge is 0.370 e. The molecule has 1 atom stereocenters. The normalized spacial score (nSPS) is 12.5. The maximum Gasteiger partial charge on any atom is 0.219 e. The van der Waals surface area contributed by atoms with Crippen molar-refractivity contribution in [2.24, 2.45) is 11.5 Å². The van der Waals surface area contributed by atoms with Crippen LogP contribution >= 0.6 is 31.9 Å². The second kappa shape index (κ2) is 4.86. The van der Waals surface area contributed by atoms with Crippen LogP contribution in [0.15, 0.2) is 21.2 Å². The number of amides is 1. The summed E-state index contributed by atoms with van der Waals surface area (Å²) in [5.41, 5.74) is 11.4. The molecule has 76 valence electrons. The van der Waals surface area contributed by atoms with E-state index in [1.807, 2.05) is 6.07 Å². The van der Waals surface area contributed by atoms with E-state index in [0.29, 0.717) is 5.69 Å². The van der Waals surface area contributed by atoms with Crippen LogP contribution in [-0.2, 0) is 4.79 Å². The topological polar surface area (TPSA) is 82.0 Å². The van der Waals surface area contributed by atoms with Crippen LogP contribution in [0.3, 0.4) is 0 Å². The van der Waals surface area contributed by atoms with Crippen molar-refractivity contribution in [1.29, 1.82) is 0 Å². The van der Waals surface area contributed by atoms with E-state index in [1.165, 1.54) is 0 Å². The minimum Gasteiger partial charge on any atom is -0.370 e. The number of hydrogen-bond acceptors (Lipinski definition) is 3. The molecule has 0 aliphatic carbocycles. The first-order valence-electron chi connectivity index (χ1n) is 3.85. The van der Waals surface area contributed by atoms with Crippen LogP contribution in [0.4, 0.5) is 0 Å². The van der Waals surface area contributed by atoms with Crippen LogP contribution in [0.1, 0.15) is 18.2 Å². The van der Waals surface area contributed by atoms with Crippen LogP contribution in [0.5, 0.6) is 0 Å². The third kappa shape index (κ3) is 3.04. The van der Waals surface area contributed by atoms with Gasteiger partial charge < -0.3 is 11.5 Å². The summed E-state index contributed by atoms with van der Waals surface area (Å²) in [7, 11) is 0. The fourth-order valence-electron chi connectivity index (χ4n) is 1.01. The first-order chi connectivity index (χ1) is 6.50. The van der Waals surface area contributed by atoms with Crippen LogP contribution in [0.25, 0.3) is 0 Å². The molecule has 0 aromatic carbocycles.